The zero-order valence-electron chi connectivity index (χ0n) is 12.2. The monoisotopic (exact) mass is 286 g/mol. The molecule has 3 N–H and O–H groups in total. The number of carboxylic acids is 1. The number of likely N-dealkylation sites (tertiary alicyclic amines) is 1. The Labute approximate surface area is 117 Å². The SMILES string of the molecule is CC(NC(=O)C(C)(C)C)C(=O)N1CC(O)C[C@H]1C(=O)O. The number of β-amino-alcohol motifs (C(OH)–C–C–N with tert-alkyl or cyclic N) is 1. The number of amides is 2. The Morgan fingerprint density at radius 1 is 1.30 bits per heavy atom. The van der Waals surface area contributed by atoms with E-state index in [1.54, 1.807) is 20.8 Å². The van der Waals surface area contributed by atoms with E-state index in [2.05, 4.69) is 5.32 Å². The second-order valence-corrected chi connectivity index (χ2v) is 6.18. The highest BCUT2D eigenvalue weighted by molar-refractivity contribution is 5.91. The number of aliphatic carboxylic acids is 1. The van der Waals surface area contributed by atoms with Crippen molar-refractivity contribution in [2.24, 2.45) is 5.41 Å². The van der Waals surface area contributed by atoms with Crippen LogP contribution < -0.4 is 5.32 Å². The summed E-state index contributed by atoms with van der Waals surface area (Å²) in [5.41, 5.74) is -0.634. The summed E-state index contributed by atoms with van der Waals surface area (Å²) in [6.07, 6.45) is -0.827. The predicted molar refractivity (Wildman–Crippen MR) is 70.8 cm³/mol. The number of carboxylic acid groups (broad SMARTS) is 1. The van der Waals surface area contributed by atoms with Gasteiger partial charge in [-0.2, -0.15) is 0 Å². The minimum Gasteiger partial charge on any atom is -0.480 e. The molecule has 0 bridgehead atoms. The number of aliphatic hydroxyl groups excluding tert-OH is 1. The van der Waals surface area contributed by atoms with Crippen LogP contribution in [-0.4, -0.2) is 57.6 Å². The number of aliphatic hydroxyl groups is 1. The van der Waals surface area contributed by atoms with Crippen molar-refractivity contribution >= 4 is 17.8 Å². The molecule has 1 heterocycles. The number of rotatable bonds is 3. The van der Waals surface area contributed by atoms with Crippen molar-refractivity contribution < 1.29 is 24.6 Å². The third kappa shape index (κ3) is 3.69. The van der Waals surface area contributed by atoms with E-state index in [0.717, 1.165) is 4.90 Å². The fraction of sp³-hybridized carbons (Fsp3) is 0.769. The van der Waals surface area contributed by atoms with Gasteiger partial charge in [-0.25, -0.2) is 4.79 Å². The molecule has 1 rings (SSSR count). The maximum Gasteiger partial charge on any atom is 0.326 e. The first-order valence-corrected chi connectivity index (χ1v) is 6.56. The van der Waals surface area contributed by atoms with Crippen LogP contribution in [0.2, 0.25) is 0 Å². The summed E-state index contributed by atoms with van der Waals surface area (Å²) in [7, 11) is 0. The fourth-order valence-electron chi connectivity index (χ4n) is 2.02. The molecule has 0 saturated carbocycles. The maximum atomic E-state index is 12.2. The van der Waals surface area contributed by atoms with Gasteiger partial charge in [0.05, 0.1) is 6.10 Å². The largest absolute Gasteiger partial charge is 0.480 e. The Bertz CT molecular complexity index is 415. The summed E-state index contributed by atoms with van der Waals surface area (Å²) in [4.78, 5) is 36.2. The highest BCUT2D eigenvalue weighted by atomic mass is 16.4. The minimum absolute atomic E-state index is 0.0149. The van der Waals surface area contributed by atoms with E-state index in [9.17, 15) is 19.5 Å². The zero-order valence-corrected chi connectivity index (χ0v) is 12.2. The Balaban J connectivity index is 2.74. The molecule has 0 aromatic heterocycles. The lowest BCUT2D eigenvalue weighted by Crippen LogP contribution is -2.52. The average molecular weight is 286 g/mol. The lowest BCUT2D eigenvalue weighted by molar-refractivity contribution is -0.149. The number of nitrogens with zero attached hydrogens (tertiary/aromatic N) is 1. The van der Waals surface area contributed by atoms with E-state index >= 15 is 0 Å². The fourth-order valence-corrected chi connectivity index (χ4v) is 2.02. The van der Waals surface area contributed by atoms with Crippen LogP contribution in [0.1, 0.15) is 34.1 Å². The summed E-state index contributed by atoms with van der Waals surface area (Å²) in [6, 6.07) is -1.86. The summed E-state index contributed by atoms with van der Waals surface area (Å²) < 4.78 is 0. The first kappa shape index (κ1) is 16.4. The smallest absolute Gasteiger partial charge is 0.326 e. The predicted octanol–water partition coefficient (Wildman–Crippen LogP) is -0.416. The van der Waals surface area contributed by atoms with Crippen molar-refractivity contribution in [1.82, 2.24) is 10.2 Å². The molecule has 1 aliphatic rings. The van der Waals surface area contributed by atoms with Gasteiger partial charge in [0.1, 0.15) is 12.1 Å². The average Bonchev–Trinajstić information content (AvgIpc) is 2.69. The van der Waals surface area contributed by atoms with Gasteiger partial charge in [-0.3, -0.25) is 9.59 Å². The number of hydrogen-bond donors (Lipinski definition) is 3. The molecular formula is C13H22N2O5. The number of hydrogen-bond acceptors (Lipinski definition) is 4. The summed E-state index contributed by atoms with van der Waals surface area (Å²) in [5.74, 6) is -1.93. The van der Waals surface area contributed by atoms with Gasteiger partial charge in [0.25, 0.3) is 0 Å². The molecule has 7 nitrogen and oxygen atoms in total. The van der Waals surface area contributed by atoms with Crippen LogP contribution >= 0.6 is 0 Å². The van der Waals surface area contributed by atoms with Gasteiger partial charge in [0, 0.05) is 18.4 Å². The molecule has 1 fully saturated rings. The van der Waals surface area contributed by atoms with Crippen LogP contribution in [-0.2, 0) is 14.4 Å². The molecule has 2 amide bonds. The van der Waals surface area contributed by atoms with Gasteiger partial charge >= 0.3 is 5.97 Å². The van der Waals surface area contributed by atoms with Crippen LogP contribution in [0.3, 0.4) is 0 Å². The molecular weight excluding hydrogens is 264 g/mol. The number of carbonyl (C=O) groups excluding carboxylic acids is 2. The highest BCUT2D eigenvalue weighted by Crippen LogP contribution is 2.20. The van der Waals surface area contributed by atoms with Crippen molar-refractivity contribution in [3.05, 3.63) is 0 Å². The molecule has 7 heteroatoms. The second-order valence-electron chi connectivity index (χ2n) is 6.18. The summed E-state index contributed by atoms with van der Waals surface area (Å²) in [5, 5.41) is 21.1. The molecule has 0 radical (unpaired) electrons. The van der Waals surface area contributed by atoms with E-state index in [-0.39, 0.29) is 18.9 Å². The van der Waals surface area contributed by atoms with Gasteiger partial charge in [-0.05, 0) is 6.92 Å². The molecule has 114 valence electrons. The molecule has 2 unspecified atom stereocenters. The van der Waals surface area contributed by atoms with Gasteiger partial charge in [-0.15, -0.1) is 0 Å². The van der Waals surface area contributed by atoms with E-state index in [1.807, 2.05) is 0 Å². The highest BCUT2D eigenvalue weighted by Gasteiger charge is 2.40. The lowest BCUT2D eigenvalue weighted by Gasteiger charge is -2.27. The zero-order chi connectivity index (χ0) is 15.7. The molecule has 1 saturated heterocycles. The summed E-state index contributed by atoms with van der Waals surface area (Å²) >= 11 is 0. The number of carbonyl (C=O) groups is 3. The Hall–Kier alpha value is -1.63. The molecule has 0 aliphatic carbocycles. The van der Waals surface area contributed by atoms with Gasteiger partial charge < -0.3 is 20.4 Å². The van der Waals surface area contributed by atoms with Crippen LogP contribution in [0.15, 0.2) is 0 Å². The van der Waals surface area contributed by atoms with Crippen LogP contribution in [0.4, 0.5) is 0 Å². The topological polar surface area (TPSA) is 107 Å². The van der Waals surface area contributed by atoms with E-state index in [0.29, 0.717) is 0 Å². The molecule has 0 spiro atoms. The maximum absolute atomic E-state index is 12.2. The van der Waals surface area contributed by atoms with E-state index in [1.165, 1.54) is 6.92 Å². The second kappa shape index (κ2) is 5.78. The molecule has 20 heavy (non-hydrogen) atoms. The first-order chi connectivity index (χ1) is 9.04. The standard InChI is InChI=1S/C13H22N2O5/c1-7(14-12(20)13(2,3)4)10(17)15-6-8(16)5-9(15)11(18)19/h7-9,16H,5-6H2,1-4H3,(H,14,20)(H,18,19)/t7?,8?,9-/m0/s1. The van der Waals surface area contributed by atoms with Crippen LogP contribution in [0, 0.1) is 5.41 Å². The van der Waals surface area contributed by atoms with Crippen molar-refractivity contribution in [1.29, 1.82) is 0 Å². The Morgan fingerprint density at radius 3 is 2.30 bits per heavy atom. The molecule has 3 atom stereocenters. The third-order valence-electron chi connectivity index (χ3n) is 3.25. The minimum atomic E-state index is -1.15. The third-order valence-corrected chi connectivity index (χ3v) is 3.25. The van der Waals surface area contributed by atoms with Gasteiger partial charge in [0.2, 0.25) is 11.8 Å². The van der Waals surface area contributed by atoms with Crippen molar-refractivity contribution in [2.45, 2.75) is 52.3 Å². The number of nitrogens with one attached hydrogen (secondary N) is 1. The van der Waals surface area contributed by atoms with Crippen molar-refractivity contribution in [3.63, 3.8) is 0 Å². The molecule has 0 aromatic rings. The van der Waals surface area contributed by atoms with E-state index < -0.39 is 35.5 Å². The first-order valence-electron chi connectivity index (χ1n) is 6.56. The molecule has 0 aromatic carbocycles. The lowest BCUT2D eigenvalue weighted by atomic mass is 9.95. The summed E-state index contributed by atoms with van der Waals surface area (Å²) in [6.45, 7) is 6.65. The molecule has 1 aliphatic heterocycles. The quantitative estimate of drug-likeness (QED) is 0.653. The van der Waals surface area contributed by atoms with Crippen molar-refractivity contribution in [3.8, 4) is 0 Å². The van der Waals surface area contributed by atoms with Crippen LogP contribution in [0.5, 0.6) is 0 Å². The Morgan fingerprint density at radius 2 is 1.85 bits per heavy atom. The van der Waals surface area contributed by atoms with Gasteiger partial charge in [-0.1, -0.05) is 20.8 Å². The Kier molecular flexibility index (Phi) is 4.75. The van der Waals surface area contributed by atoms with Crippen molar-refractivity contribution in [2.75, 3.05) is 6.54 Å². The van der Waals surface area contributed by atoms with Crippen LogP contribution in [0.25, 0.3) is 0 Å². The van der Waals surface area contributed by atoms with Gasteiger partial charge in [0.15, 0.2) is 0 Å². The normalized spacial score (nSPS) is 24.4. The van der Waals surface area contributed by atoms with E-state index in [4.69, 9.17) is 5.11 Å².